The van der Waals surface area contributed by atoms with Crippen LogP contribution in [0.4, 0.5) is 5.00 Å². The maximum Gasteiger partial charge on any atom is 0.341 e. The third kappa shape index (κ3) is 5.19. The maximum absolute atomic E-state index is 12.6. The van der Waals surface area contributed by atoms with Crippen molar-refractivity contribution in [1.29, 1.82) is 0 Å². The fourth-order valence-electron chi connectivity index (χ4n) is 3.72. The van der Waals surface area contributed by atoms with Crippen LogP contribution in [0.25, 0.3) is 0 Å². The second-order valence-corrected chi connectivity index (χ2v) is 10.5. The number of methoxy groups -OCH3 is 1. The molecule has 3 aromatic rings. The van der Waals surface area contributed by atoms with E-state index in [1.54, 1.807) is 29.8 Å². The van der Waals surface area contributed by atoms with Crippen molar-refractivity contribution in [3.8, 4) is 5.75 Å². The number of thiophene rings is 1. The SMILES string of the molecule is COC(=O)c1c(NC(=O)CSc2nnc(C(C)Oc3ccc(Cl)cc3Cl)n2C)sc2c1CCC2. The fourth-order valence-corrected chi connectivity index (χ4v) is 6.19. The van der Waals surface area contributed by atoms with Gasteiger partial charge in [-0.05, 0) is 49.9 Å². The topological polar surface area (TPSA) is 95.3 Å². The predicted octanol–water partition coefficient (Wildman–Crippen LogP) is 5.33. The number of carbonyl (C=O) groups is 2. The Kier molecular flexibility index (Phi) is 7.71. The van der Waals surface area contributed by atoms with Crippen LogP contribution in [0, 0.1) is 0 Å². The monoisotopic (exact) mass is 540 g/mol. The van der Waals surface area contributed by atoms with Crippen molar-refractivity contribution < 1.29 is 19.1 Å². The summed E-state index contributed by atoms with van der Waals surface area (Å²) in [5.74, 6) is 0.510. The molecule has 0 spiro atoms. The van der Waals surface area contributed by atoms with E-state index in [9.17, 15) is 9.59 Å². The number of benzene rings is 1. The van der Waals surface area contributed by atoms with Gasteiger partial charge in [0.1, 0.15) is 10.8 Å². The summed E-state index contributed by atoms with van der Waals surface area (Å²) in [4.78, 5) is 26.1. The number of thioether (sulfide) groups is 1. The summed E-state index contributed by atoms with van der Waals surface area (Å²) >= 11 is 14.8. The van der Waals surface area contributed by atoms with Crippen molar-refractivity contribution >= 4 is 63.2 Å². The van der Waals surface area contributed by atoms with Gasteiger partial charge in [0.25, 0.3) is 0 Å². The number of nitrogens with zero attached hydrogens (tertiary/aromatic N) is 3. The molecule has 0 saturated heterocycles. The summed E-state index contributed by atoms with van der Waals surface area (Å²) in [6.07, 6.45) is 2.31. The smallest absolute Gasteiger partial charge is 0.341 e. The molecule has 12 heteroatoms. The number of esters is 1. The summed E-state index contributed by atoms with van der Waals surface area (Å²) in [5.41, 5.74) is 1.47. The molecule has 1 amide bonds. The zero-order valence-electron chi connectivity index (χ0n) is 18.7. The number of hydrogen-bond donors (Lipinski definition) is 1. The van der Waals surface area contributed by atoms with Crippen LogP contribution in [0.3, 0.4) is 0 Å². The Hall–Kier alpha value is -2.27. The van der Waals surface area contributed by atoms with Gasteiger partial charge in [0, 0.05) is 16.9 Å². The van der Waals surface area contributed by atoms with E-state index in [0.717, 1.165) is 29.7 Å². The van der Waals surface area contributed by atoms with Crippen molar-refractivity contribution in [2.75, 3.05) is 18.2 Å². The zero-order valence-corrected chi connectivity index (χ0v) is 21.8. The van der Waals surface area contributed by atoms with Crippen molar-refractivity contribution in [1.82, 2.24) is 14.8 Å². The van der Waals surface area contributed by atoms with Gasteiger partial charge in [-0.3, -0.25) is 4.79 Å². The molecule has 1 aliphatic rings. The lowest BCUT2D eigenvalue weighted by molar-refractivity contribution is -0.113. The number of carbonyl (C=O) groups excluding carboxylic acids is 2. The number of hydrogen-bond acceptors (Lipinski definition) is 8. The lowest BCUT2D eigenvalue weighted by Crippen LogP contribution is -2.16. The van der Waals surface area contributed by atoms with Crippen LogP contribution in [0.5, 0.6) is 5.75 Å². The number of amides is 1. The Morgan fingerprint density at radius 3 is 2.82 bits per heavy atom. The normalized spacial score (nSPS) is 13.4. The lowest BCUT2D eigenvalue weighted by Gasteiger charge is -2.15. The molecular weight excluding hydrogens is 519 g/mol. The highest BCUT2D eigenvalue weighted by Gasteiger charge is 2.28. The van der Waals surface area contributed by atoms with Gasteiger partial charge >= 0.3 is 5.97 Å². The van der Waals surface area contributed by atoms with Crippen LogP contribution >= 0.6 is 46.3 Å². The molecule has 0 fully saturated rings. The first-order valence-corrected chi connectivity index (χ1v) is 13.0. The summed E-state index contributed by atoms with van der Waals surface area (Å²) < 4.78 is 12.6. The van der Waals surface area contributed by atoms with Gasteiger partial charge in [0.2, 0.25) is 5.91 Å². The first-order valence-electron chi connectivity index (χ1n) is 10.4. The molecule has 1 unspecified atom stereocenters. The highest BCUT2D eigenvalue weighted by atomic mass is 35.5. The minimum atomic E-state index is -0.435. The molecule has 180 valence electrons. The molecule has 2 heterocycles. The van der Waals surface area contributed by atoms with E-state index in [2.05, 4.69) is 15.5 Å². The Bertz CT molecular complexity index is 1240. The highest BCUT2D eigenvalue weighted by Crippen LogP contribution is 2.39. The van der Waals surface area contributed by atoms with Gasteiger partial charge in [-0.2, -0.15) is 0 Å². The van der Waals surface area contributed by atoms with Crippen LogP contribution < -0.4 is 10.1 Å². The van der Waals surface area contributed by atoms with Crippen LogP contribution in [0.2, 0.25) is 10.0 Å². The van der Waals surface area contributed by atoms with Gasteiger partial charge in [0.05, 0.1) is 23.4 Å². The minimum absolute atomic E-state index is 0.105. The second-order valence-electron chi connectivity index (χ2n) is 7.62. The maximum atomic E-state index is 12.6. The number of ether oxygens (including phenoxy) is 2. The van der Waals surface area contributed by atoms with Gasteiger partial charge < -0.3 is 19.4 Å². The summed E-state index contributed by atoms with van der Waals surface area (Å²) in [5, 5.41) is 13.3. The van der Waals surface area contributed by atoms with Gasteiger partial charge in [-0.1, -0.05) is 35.0 Å². The van der Waals surface area contributed by atoms with E-state index in [4.69, 9.17) is 32.7 Å². The first-order chi connectivity index (χ1) is 16.3. The Labute approximate surface area is 214 Å². The standard InChI is InChI=1S/C22H22Cl2N4O4S2/c1-11(32-15-8-7-12(23)9-14(15)24)19-26-27-22(28(19)2)33-10-17(29)25-20-18(21(30)31-3)13-5-4-6-16(13)34-20/h7-9,11H,4-6,10H2,1-3H3,(H,25,29). The van der Waals surface area contributed by atoms with Crippen LogP contribution in [-0.4, -0.2) is 39.5 Å². The van der Waals surface area contributed by atoms with E-state index in [1.807, 2.05) is 6.92 Å². The Morgan fingerprint density at radius 2 is 2.09 bits per heavy atom. The molecule has 8 nitrogen and oxygen atoms in total. The number of fused-ring (bicyclic) bond motifs is 1. The van der Waals surface area contributed by atoms with E-state index >= 15 is 0 Å². The summed E-state index contributed by atoms with van der Waals surface area (Å²) in [6.45, 7) is 1.83. The molecule has 0 saturated carbocycles. The molecule has 0 bridgehead atoms. The number of rotatable bonds is 8. The van der Waals surface area contributed by atoms with Gasteiger partial charge in [0.15, 0.2) is 17.1 Å². The Balaban J connectivity index is 1.39. The molecule has 0 radical (unpaired) electrons. The predicted molar refractivity (Wildman–Crippen MR) is 134 cm³/mol. The third-order valence-electron chi connectivity index (χ3n) is 5.33. The highest BCUT2D eigenvalue weighted by molar-refractivity contribution is 7.99. The van der Waals surface area contributed by atoms with E-state index in [1.165, 1.54) is 30.2 Å². The van der Waals surface area contributed by atoms with Crippen molar-refractivity contribution in [2.45, 2.75) is 37.4 Å². The minimum Gasteiger partial charge on any atom is -0.481 e. The molecule has 1 aliphatic carbocycles. The quantitative estimate of drug-likeness (QED) is 0.304. The van der Waals surface area contributed by atoms with E-state index < -0.39 is 12.1 Å². The molecule has 1 N–H and O–H groups in total. The lowest BCUT2D eigenvalue weighted by atomic mass is 10.1. The van der Waals surface area contributed by atoms with Gasteiger partial charge in [-0.15, -0.1) is 21.5 Å². The fraction of sp³-hybridized carbons (Fsp3) is 0.364. The molecule has 0 aliphatic heterocycles. The third-order valence-corrected chi connectivity index (χ3v) is 8.08. The molecule has 34 heavy (non-hydrogen) atoms. The molecule has 2 aromatic heterocycles. The molecule has 1 aromatic carbocycles. The largest absolute Gasteiger partial charge is 0.481 e. The molecule has 4 rings (SSSR count). The van der Waals surface area contributed by atoms with Crippen LogP contribution in [-0.2, 0) is 29.4 Å². The molecule has 1 atom stereocenters. The number of aromatic nitrogens is 3. The summed E-state index contributed by atoms with van der Waals surface area (Å²) in [6, 6.07) is 5.00. The van der Waals surface area contributed by atoms with E-state index in [0.29, 0.717) is 37.3 Å². The van der Waals surface area contributed by atoms with Crippen LogP contribution in [0.1, 0.15) is 46.1 Å². The summed E-state index contributed by atoms with van der Waals surface area (Å²) in [7, 11) is 3.15. The Morgan fingerprint density at radius 1 is 1.29 bits per heavy atom. The first kappa shape index (κ1) is 24.8. The number of anilines is 1. The van der Waals surface area contributed by atoms with Crippen LogP contribution in [0.15, 0.2) is 23.4 Å². The average molecular weight is 541 g/mol. The van der Waals surface area contributed by atoms with Crippen molar-refractivity contribution in [2.24, 2.45) is 7.05 Å². The average Bonchev–Trinajstić information content (AvgIpc) is 3.48. The van der Waals surface area contributed by atoms with Crippen molar-refractivity contribution in [3.05, 3.63) is 50.1 Å². The van der Waals surface area contributed by atoms with Gasteiger partial charge in [-0.25, -0.2) is 4.79 Å². The second kappa shape index (κ2) is 10.6. The van der Waals surface area contributed by atoms with E-state index in [-0.39, 0.29) is 11.7 Å². The number of aryl methyl sites for hydroxylation is 1. The number of nitrogens with one attached hydrogen (secondary N) is 1. The number of halogens is 2. The zero-order chi connectivity index (χ0) is 24.4. The van der Waals surface area contributed by atoms with Crippen molar-refractivity contribution in [3.63, 3.8) is 0 Å². The molecular formula is C22H22Cl2N4O4S2.